The molecule has 2 atom stereocenters. The molecular formula is C10H19NS. The molecule has 0 spiro atoms. The van der Waals surface area contributed by atoms with Gasteiger partial charge < -0.3 is 4.90 Å². The molecule has 1 aliphatic heterocycles. The number of thioether (sulfide) groups is 1. The maximum Gasteiger partial charge on any atom is 0.0149 e. The van der Waals surface area contributed by atoms with Crippen molar-refractivity contribution < 1.29 is 0 Å². The molecule has 0 radical (unpaired) electrons. The van der Waals surface area contributed by atoms with E-state index in [9.17, 15) is 0 Å². The van der Waals surface area contributed by atoms with E-state index in [2.05, 4.69) is 37.1 Å². The summed E-state index contributed by atoms with van der Waals surface area (Å²) < 4.78 is 0. The SMILES string of the molecule is C=CCCN1CC(C)SC(C)C1. The van der Waals surface area contributed by atoms with Crippen LogP contribution in [-0.4, -0.2) is 35.0 Å². The van der Waals surface area contributed by atoms with Crippen molar-refractivity contribution in [3.05, 3.63) is 12.7 Å². The van der Waals surface area contributed by atoms with Crippen molar-refractivity contribution >= 4 is 11.8 Å². The summed E-state index contributed by atoms with van der Waals surface area (Å²) in [7, 11) is 0. The predicted octanol–water partition coefficient (Wildman–Crippen LogP) is 2.39. The zero-order chi connectivity index (χ0) is 8.97. The molecule has 0 N–H and O–H groups in total. The third-order valence-corrected chi connectivity index (χ3v) is 3.37. The van der Waals surface area contributed by atoms with Crippen molar-refractivity contribution in [1.82, 2.24) is 4.90 Å². The zero-order valence-electron chi connectivity index (χ0n) is 8.12. The standard InChI is InChI=1S/C10H19NS/c1-4-5-6-11-7-9(2)12-10(3)8-11/h4,9-10H,1,5-8H2,2-3H3. The normalized spacial score (nSPS) is 31.8. The first-order chi connectivity index (χ1) is 5.72. The van der Waals surface area contributed by atoms with Crippen LogP contribution in [0.2, 0.25) is 0 Å². The quantitative estimate of drug-likeness (QED) is 0.621. The molecule has 0 saturated carbocycles. The average Bonchev–Trinajstić information content (AvgIpc) is 1.99. The van der Waals surface area contributed by atoms with E-state index in [1.54, 1.807) is 0 Å². The molecule has 2 heteroatoms. The molecule has 0 aromatic heterocycles. The Kier molecular flexibility index (Phi) is 4.16. The number of hydrogen-bond donors (Lipinski definition) is 0. The largest absolute Gasteiger partial charge is 0.301 e. The molecule has 0 amide bonds. The van der Waals surface area contributed by atoms with Gasteiger partial charge in [0.05, 0.1) is 0 Å². The zero-order valence-corrected chi connectivity index (χ0v) is 8.94. The van der Waals surface area contributed by atoms with E-state index in [0.717, 1.165) is 16.9 Å². The molecule has 0 aliphatic carbocycles. The Hall–Kier alpha value is 0.0500. The fraction of sp³-hybridized carbons (Fsp3) is 0.800. The minimum absolute atomic E-state index is 0.804. The molecule has 1 heterocycles. The van der Waals surface area contributed by atoms with Gasteiger partial charge in [0, 0.05) is 30.1 Å². The van der Waals surface area contributed by atoms with E-state index < -0.39 is 0 Å². The first-order valence-corrected chi connectivity index (χ1v) is 5.65. The highest BCUT2D eigenvalue weighted by atomic mass is 32.2. The van der Waals surface area contributed by atoms with Crippen LogP contribution in [0.1, 0.15) is 20.3 Å². The van der Waals surface area contributed by atoms with Gasteiger partial charge in [-0.25, -0.2) is 0 Å². The van der Waals surface area contributed by atoms with E-state index in [0.29, 0.717) is 0 Å². The summed E-state index contributed by atoms with van der Waals surface area (Å²) in [5.74, 6) is 0. The van der Waals surface area contributed by atoms with Gasteiger partial charge in [0.1, 0.15) is 0 Å². The maximum absolute atomic E-state index is 3.75. The van der Waals surface area contributed by atoms with Gasteiger partial charge in [-0.2, -0.15) is 11.8 Å². The molecule has 1 nitrogen and oxygen atoms in total. The van der Waals surface area contributed by atoms with E-state index in [1.165, 1.54) is 19.6 Å². The number of hydrogen-bond acceptors (Lipinski definition) is 2. The van der Waals surface area contributed by atoms with Crippen LogP contribution in [0.5, 0.6) is 0 Å². The van der Waals surface area contributed by atoms with Gasteiger partial charge in [0.2, 0.25) is 0 Å². The van der Waals surface area contributed by atoms with Gasteiger partial charge >= 0.3 is 0 Å². The van der Waals surface area contributed by atoms with Crippen LogP contribution in [0, 0.1) is 0 Å². The molecule has 1 saturated heterocycles. The van der Waals surface area contributed by atoms with Crippen molar-refractivity contribution in [2.45, 2.75) is 30.8 Å². The summed E-state index contributed by atoms with van der Waals surface area (Å²) in [6, 6.07) is 0. The topological polar surface area (TPSA) is 3.24 Å². The van der Waals surface area contributed by atoms with Gasteiger partial charge in [-0.3, -0.25) is 0 Å². The lowest BCUT2D eigenvalue weighted by atomic mass is 10.3. The van der Waals surface area contributed by atoms with E-state index >= 15 is 0 Å². The van der Waals surface area contributed by atoms with Crippen LogP contribution < -0.4 is 0 Å². The molecule has 12 heavy (non-hydrogen) atoms. The van der Waals surface area contributed by atoms with Crippen molar-refractivity contribution in [3.63, 3.8) is 0 Å². The third-order valence-electron chi connectivity index (χ3n) is 2.14. The molecule has 1 aliphatic rings. The van der Waals surface area contributed by atoms with Crippen molar-refractivity contribution in [2.24, 2.45) is 0 Å². The summed E-state index contributed by atoms with van der Waals surface area (Å²) >= 11 is 2.11. The fourth-order valence-electron chi connectivity index (χ4n) is 1.74. The van der Waals surface area contributed by atoms with E-state index in [4.69, 9.17) is 0 Å². The molecule has 0 aromatic carbocycles. The molecule has 1 fully saturated rings. The Morgan fingerprint density at radius 1 is 1.42 bits per heavy atom. The molecule has 70 valence electrons. The smallest absolute Gasteiger partial charge is 0.0149 e. The monoisotopic (exact) mass is 185 g/mol. The van der Waals surface area contributed by atoms with Crippen molar-refractivity contribution in [2.75, 3.05) is 19.6 Å². The maximum atomic E-state index is 3.75. The Bertz CT molecular complexity index is 137. The highest BCUT2D eigenvalue weighted by Gasteiger charge is 2.20. The molecule has 0 bridgehead atoms. The lowest BCUT2D eigenvalue weighted by Crippen LogP contribution is -2.40. The summed E-state index contributed by atoms with van der Waals surface area (Å²) in [6.45, 7) is 12.1. The minimum atomic E-state index is 0.804. The minimum Gasteiger partial charge on any atom is -0.301 e. The second-order valence-electron chi connectivity index (χ2n) is 3.59. The van der Waals surface area contributed by atoms with Crippen LogP contribution in [0.4, 0.5) is 0 Å². The summed E-state index contributed by atoms with van der Waals surface area (Å²) in [4.78, 5) is 2.55. The molecule has 2 unspecified atom stereocenters. The Morgan fingerprint density at radius 3 is 2.50 bits per heavy atom. The average molecular weight is 185 g/mol. The highest BCUT2D eigenvalue weighted by Crippen LogP contribution is 2.24. The fourth-order valence-corrected chi connectivity index (χ4v) is 3.13. The second-order valence-corrected chi connectivity index (χ2v) is 5.48. The molecule has 0 aromatic rings. The van der Waals surface area contributed by atoms with Crippen LogP contribution >= 0.6 is 11.8 Å². The van der Waals surface area contributed by atoms with Gasteiger partial charge in [-0.1, -0.05) is 19.9 Å². The van der Waals surface area contributed by atoms with Crippen LogP contribution in [0.15, 0.2) is 12.7 Å². The summed E-state index contributed by atoms with van der Waals surface area (Å²) in [5.41, 5.74) is 0. The molecular weight excluding hydrogens is 166 g/mol. The second kappa shape index (κ2) is 4.93. The highest BCUT2D eigenvalue weighted by molar-refractivity contribution is 8.00. The first kappa shape index (κ1) is 10.1. The lowest BCUT2D eigenvalue weighted by molar-refractivity contribution is 0.276. The van der Waals surface area contributed by atoms with E-state index in [-0.39, 0.29) is 0 Å². The van der Waals surface area contributed by atoms with Gasteiger partial charge in [0.25, 0.3) is 0 Å². The van der Waals surface area contributed by atoms with Crippen LogP contribution in [0.25, 0.3) is 0 Å². The Morgan fingerprint density at radius 2 is 2.00 bits per heavy atom. The number of rotatable bonds is 3. The Labute approximate surface area is 80.2 Å². The van der Waals surface area contributed by atoms with Gasteiger partial charge in [-0.15, -0.1) is 6.58 Å². The van der Waals surface area contributed by atoms with Crippen LogP contribution in [0.3, 0.4) is 0 Å². The summed E-state index contributed by atoms with van der Waals surface area (Å²) in [5, 5.41) is 1.61. The van der Waals surface area contributed by atoms with Gasteiger partial charge in [0.15, 0.2) is 0 Å². The Balaban J connectivity index is 2.28. The van der Waals surface area contributed by atoms with Gasteiger partial charge in [-0.05, 0) is 6.42 Å². The number of nitrogens with zero attached hydrogens (tertiary/aromatic N) is 1. The van der Waals surface area contributed by atoms with Crippen molar-refractivity contribution in [1.29, 1.82) is 0 Å². The predicted molar refractivity (Wildman–Crippen MR) is 57.8 cm³/mol. The van der Waals surface area contributed by atoms with Crippen molar-refractivity contribution in [3.8, 4) is 0 Å². The first-order valence-electron chi connectivity index (χ1n) is 4.71. The van der Waals surface area contributed by atoms with E-state index in [1.807, 2.05) is 6.08 Å². The third kappa shape index (κ3) is 3.20. The lowest BCUT2D eigenvalue weighted by Gasteiger charge is -2.34. The van der Waals surface area contributed by atoms with Crippen LogP contribution in [-0.2, 0) is 0 Å². The summed E-state index contributed by atoms with van der Waals surface area (Å²) in [6.07, 6.45) is 3.14. The molecule has 1 rings (SSSR count).